The van der Waals surface area contributed by atoms with Gasteiger partial charge in [0.1, 0.15) is 10.5 Å². The van der Waals surface area contributed by atoms with Crippen LogP contribution in [0.3, 0.4) is 0 Å². The number of hydrogen-bond donors (Lipinski definition) is 1. The van der Waals surface area contributed by atoms with Crippen LogP contribution in [-0.4, -0.2) is 41.9 Å². The summed E-state index contributed by atoms with van der Waals surface area (Å²) >= 11 is 0. The highest BCUT2D eigenvalue weighted by Gasteiger charge is 2.35. The zero-order valence-electron chi connectivity index (χ0n) is 9.80. The van der Waals surface area contributed by atoms with Gasteiger partial charge in [0, 0.05) is 19.0 Å². The summed E-state index contributed by atoms with van der Waals surface area (Å²) in [5.41, 5.74) is -0.0370. The third-order valence-corrected chi connectivity index (χ3v) is 4.32. The lowest BCUT2D eigenvalue weighted by molar-refractivity contribution is -0.0746. The molecule has 14 heavy (non-hydrogen) atoms. The van der Waals surface area contributed by atoms with Gasteiger partial charge in [-0.1, -0.05) is 6.92 Å². The number of ether oxygens (including phenoxy) is 1. The fourth-order valence-electron chi connectivity index (χ4n) is 2.20. The third kappa shape index (κ3) is 2.79. The van der Waals surface area contributed by atoms with E-state index in [-0.39, 0.29) is 5.60 Å². The second-order valence-electron chi connectivity index (χ2n) is 4.44. The minimum atomic E-state index is -0.0370. The van der Waals surface area contributed by atoms with E-state index in [1.54, 1.807) is 0 Å². The molecule has 3 nitrogen and oxygen atoms in total. The van der Waals surface area contributed by atoms with Crippen LogP contribution in [-0.2, 0) is 9.16 Å². The van der Waals surface area contributed by atoms with E-state index in [0.717, 1.165) is 36.6 Å². The number of morpholine rings is 1. The monoisotopic (exact) mass is 217 g/mol. The highest BCUT2D eigenvalue weighted by molar-refractivity contribution is 5.98. The summed E-state index contributed by atoms with van der Waals surface area (Å²) in [4.78, 5) is 0. The van der Waals surface area contributed by atoms with Gasteiger partial charge in [0.2, 0.25) is 0 Å². The van der Waals surface area contributed by atoms with Crippen molar-refractivity contribution in [3.63, 3.8) is 0 Å². The molecular weight excluding hydrogens is 194 g/mol. The SMILES string of the molecule is CCC(C1CNCCO1)C(C)(C)O[SiH3]. The second kappa shape index (κ2) is 5.26. The van der Waals surface area contributed by atoms with E-state index in [2.05, 4.69) is 26.1 Å². The van der Waals surface area contributed by atoms with Crippen LogP contribution in [0.25, 0.3) is 0 Å². The molecule has 0 aromatic rings. The van der Waals surface area contributed by atoms with Crippen LogP contribution < -0.4 is 5.32 Å². The molecule has 0 radical (unpaired) electrons. The van der Waals surface area contributed by atoms with Crippen LogP contribution in [0.4, 0.5) is 0 Å². The van der Waals surface area contributed by atoms with Crippen LogP contribution in [0.1, 0.15) is 27.2 Å². The zero-order chi connectivity index (χ0) is 10.6. The highest BCUT2D eigenvalue weighted by atomic mass is 28.2. The third-order valence-electron chi connectivity index (χ3n) is 3.26. The van der Waals surface area contributed by atoms with Crippen LogP contribution in [0.5, 0.6) is 0 Å². The molecule has 1 aliphatic rings. The molecule has 0 aliphatic carbocycles. The van der Waals surface area contributed by atoms with E-state index in [1.807, 2.05) is 0 Å². The summed E-state index contributed by atoms with van der Waals surface area (Å²) in [6.45, 7) is 9.34. The van der Waals surface area contributed by atoms with Crippen molar-refractivity contribution in [2.24, 2.45) is 5.92 Å². The molecule has 1 N–H and O–H groups in total. The molecule has 1 aliphatic heterocycles. The van der Waals surface area contributed by atoms with Crippen LogP contribution in [0, 0.1) is 5.92 Å². The maximum Gasteiger partial charge on any atom is 0.146 e. The lowest BCUT2D eigenvalue weighted by atomic mass is 9.83. The largest absolute Gasteiger partial charge is 0.423 e. The maximum absolute atomic E-state index is 5.79. The van der Waals surface area contributed by atoms with E-state index in [4.69, 9.17) is 9.16 Å². The molecule has 0 aromatic carbocycles. The minimum absolute atomic E-state index is 0.0370. The van der Waals surface area contributed by atoms with Gasteiger partial charge in [-0.15, -0.1) is 0 Å². The Kier molecular flexibility index (Phi) is 4.57. The van der Waals surface area contributed by atoms with E-state index in [0.29, 0.717) is 12.0 Å². The van der Waals surface area contributed by atoms with Gasteiger partial charge in [-0.25, -0.2) is 0 Å². The van der Waals surface area contributed by atoms with E-state index in [1.165, 1.54) is 0 Å². The molecule has 1 rings (SSSR count). The Labute approximate surface area is 90.1 Å². The molecule has 2 unspecified atom stereocenters. The highest BCUT2D eigenvalue weighted by Crippen LogP contribution is 2.28. The predicted molar refractivity (Wildman–Crippen MR) is 61.5 cm³/mol. The standard InChI is InChI=1S/C10H23NO2Si/c1-4-8(10(2,3)13-14)9-7-11-5-6-12-9/h8-9,11H,4-7H2,1-3,14H3. The Morgan fingerprint density at radius 3 is 2.79 bits per heavy atom. The molecule has 0 bridgehead atoms. The first kappa shape index (κ1) is 12.2. The van der Waals surface area contributed by atoms with Gasteiger partial charge in [0.25, 0.3) is 0 Å². The summed E-state index contributed by atoms with van der Waals surface area (Å²) in [6, 6.07) is 0. The van der Waals surface area contributed by atoms with Crippen molar-refractivity contribution in [2.75, 3.05) is 19.7 Å². The fraction of sp³-hybridized carbons (Fsp3) is 1.00. The Balaban J connectivity index is 2.59. The van der Waals surface area contributed by atoms with Crippen molar-refractivity contribution in [3.05, 3.63) is 0 Å². The summed E-state index contributed by atoms with van der Waals surface area (Å²) < 4.78 is 11.5. The Bertz CT molecular complexity index is 170. The quantitative estimate of drug-likeness (QED) is 0.676. The molecule has 0 spiro atoms. The number of nitrogens with one attached hydrogen (secondary N) is 1. The molecule has 0 saturated carbocycles. The molecule has 0 aromatic heterocycles. The van der Waals surface area contributed by atoms with Gasteiger partial charge < -0.3 is 14.5 Å². The molecule has 1 fully saturated rings. The van der Waals surface area contributed by atoms with Gasteiger partial charge in [0.05, 0.1) is 18.3 Å². The molecular formula is C10H23NO2Si. The van der Waals surface area contributed by atoms with Crippen molar-refractivity contribution >= 4 is 10.5 Å². The lowest BCUT2D eigenvalue weighted by Gasteiger charge is -2.40. The molecule has 1 heterocycles. The van der Waals surface area contributed by atoms with Crippen molar-refractivity contribution < 1.29 is 9.16 Å². The summed E-state index contributed by atoms with van der Waals surface area (Å²) in [7, 11) is 0.794. The topological polar surface area (TPSA) is 30.5 Å². The maximum atomic E-state index is 5.79. The molecule has 1 saturated heterocycles. The van der Waals surface area contributed by atoms with Crippen molar-refractivity contribution in [2.45, 2.75) is 38.9 Å². The Morgan fingerprint density at radius 2 is 2.36 bits per heavy atom. The van der Waals surface area contributed by atoms with Crippen molar-refractivity contribution in [3.8, 4) is 0 Å². The number of rotatable bonds is 4. The normalized spacial score (nSPS) is 26.4. The predicted octanol–water partition coefficient (Wildman–Crippen LogP) is 0.0766. The first-order valence-corrected chi connectivity index (χ1v) is 6.31. The van der Waals surface area contributed by atoms with Crippen molar-refractivity contribution in [1.82, 2.24) is 5.32 Å². The first-order valence-electron chi connectivity index (χ1n) is 5.49. The van der Waals surface area contributed by atoms with Crippen molar-refractivity contribution in [1.29, 1.82) is 0 Å². The summed E-state index contributed by atoms with van der Waals surface area (Å²) in [5, 5.41) is 3.38. The van der Waals surface area contributed by atoms with E-state index >= 15 is 0 Å². The van der Waals surface area contributed by atoms with E-state index in [9.17, 15) is 0 Å². The minimum Gasteiger partial charge on any atom is -0.423 e. The van der Waals surface area contributed by atoms with E-state index < -0.39 is 0 Å². The smallest absolute Gasteiger partial charge is 0.146 e. The van der Waals surface area contributed by atoms with Crippen LogP contribution in [0.2, 0.25) is 0 Å². The average Bonchev–Trinajstić information content (AvgIpc) is 2.20. The lowest BCUT2D eigenvalue weighted by Crippen LogP contribution is -2.50. The summed E-state index contributed by atoms with van der Waals surface area (Å²) in [6.07, 6.45) is 1.43. The fourth-order valence-corrected chi connectivity index (χ4v) is 2.50. The van der Waals surface area contributed by atoms with Gasteiger partial charge in [0.15, 0.2) is 0 Å². The number of hydrogen-bond acceptors (Lipinski definition) is 3. The van der Waals surface area contributed by atoms with Gasteiger partial charge in [-0.3, -0.25) is 0 Å². The van der Waals surface area contributed by atoms with Gasteiger partial charge >= 0.3 is 0 Å². The Morgan fingerprint density at radius 1 is 1.64 bits per heavy atom. The molecule has 2 atom stereocenters. The van der Waals surface area contributed by atoms with Crippen LogP contribution in [0.15, 0.2) is 0 Å². The second-order valence-corrected chi connectivity index (χ2v) is 4.84. The average molecular weight is 217 g/mol. The molecule has 4 heteroatoms. The van der Waals surface area contributed by atoms with Crippen LogP contribution >= 0.6 is 0 Å². The zero-order valence-corrected chi connectivity index (χ0v) is 11.8. The molecule has 84 valence electrons. The summed E-state index contributed by atoms with van der Waals surface area (Å²) in [5.74, 6) is 0.493. The first-order chi connectivity index (χ1) is 6.61. The van der Waals surface area contributed by atoms with Gasteiger partial charge in [-0.05, 0) is 20.3 Å². The molecule has 0 amide bonds. The van der Waals surface area contributed by atoms with Gasteiger partial charge in [-0.2, -0.15) is 0 Å². The Hall–Kier alpha value is 0.0969.